The number of esters is 1. The van der Waals surface area contributed by atoms with Crippen LogP contribution in [-0.2, 0) is 38.1 Å². The lowest BCUT2D eigenvalue weighted by molar-refractivity contribution is -0.148. The van der Waals surface area contributed by atoms with Gasteiger partial charge in [-0.3, -0.25) is 14.4 Å². The highest BCUT2D eigenvalue weighted by molar-refractivity contribution is 5.78. The summed E-state index contributed by atoms with van der Waals surface area (Å²) in [4.78, 5) is 42.9. The molecule has 58 heavy (non-hydrogen) atoms. The molecule has 0 saturated carbocycles. The summed E-state index contributed by atoms with van der Waals surface area (Å²) in [6.45, 7) is 19.2. The lowest BCUT2D eigenvalue weighted by Crippen LogP contribution is -2.42. The van der Waals surface area contributed by atoms with Gasteiger partial charge >= 0.3 is 5.97 Å². The Labute approximate surface area is 350 Å². The van der Waals surface area contributed by atoms with Gasteiger partial charge in [-0.15, -0.1) is 0 Å². The lowest BCUT2D eigenvalue weighted by atomic mass is 9.92. The molecule has 0 aromatic rings. The van der Waals surface area contributed by atoms with Crippen LogP contribution in [0.2, 0.25) is 0 Å². The minimum Gasteiger partial charge on any atom is -0.462 e. The first kappa shape index (κ1) is 50.1. The van der Waals surface area contributed by atoms with Gasteiger partial charge in [-0.25, -0.2) is 0 Å². The number of hydrogen-bond donors (Lipinski definition) is 2. The number of nitrogens with zero attached hydrogens (tertiary/aromatic N) is 3. The minimum absolute atomic E-state index is 0.107. The van der Waals surface area contributed by atoms with Gasteiger partial charge < -0.3 is 48.6 Å². The van der Waals surface area contributed by atoms with Gasteiger partial charge in [-0.2, -0.15) is 0 Å². The van der Waals surface area contributed by atoms with E-state index in [1.165, 1.54) is 19.0 Å². The van der Waals surface area contributed by atoms with Crippen LogP contribution in [0.1, 0.15) is 144 Å². The van der Waals surface area contributed by atoms with Crippen LogP contribution in [0.25, 0.3) is 0 Å². The van der Waals surface area contributed by atoms with Crippen LogP contribution in [-0.4, -0.2) is 152 Å². The number of aliphatic hydroxyl groups excluding tert-OH is 2. The van der Waals surface area contributed by atoms with Gasteiger partial charge in [0.1, 0.15) is 6.10 Å². The van der Waals surface area contributed by atoms with Crippen LogP contribution in [0, 0.1) is 5.41 Å². The van der Waals surface area contributed by atoms with Gasteiger partial charge in [0.25, 0.3) is 0 Å². The first-order chi connectivity index (χ1) is 27.9. The van der Waals surface area contributed by atoms with Crippen molar-refractivity contribution < 1.29 is 48.3 Å². The zero-order valence-electron chi connectivity index (χ0n) is 37.0. The van der Waals surface area contributed by atoms with Crippen molar-refractivity contribution in [3.05, 3.63) is 12.3 Å². The second-order valence-electron chi connectivity index (χ2n) is 17.2. The van der Waals surface area contributed by atoms with Crippen molar-refractivity contribution in [2.75, 3.05) is 72.5 Å². The molecule has 2 N–H and O–H groups in total. The Morgan fingerprint density at radius 1 is 0.741 bits per heavy atom. The monoisotopic (exact) mass is 824 g/mol. The number of aliphatic hydroxyl groups is 2. The summed E-state index contributed by atoms with van der Waals surface area (Å²) in [5, 5.41) is 21.4. The third kappa shape index (κ3) is 17.4. The number of amides is 2. The Balaban J connectivity index is 1.51. The normalized spacial score (nSPS) is 20.4. The quantitative estimate of drug-likeness (QED) is 0.0592. The Morgan fingerprint density at radius 3 is 1.66 bits per heavy atom. The molecular weight excluding hydrogens is 743 g/mol. The van der Waals surface area contributed by atoms with Crippen molar-refractivity contribution in [2.24, 2.45) is 5.41 Å². The van der Waals surface area contributed by atoms with Crippen LogP contribution < -0.4 is 0 Å². The Kier molecular flexibility index (Phi) is 23.8. The van der Waals surface area contributed by atoms with E-state index in [1.807, 2.05) is 23.6 Å². The Hall–Kier alpha value is -2.29. The molecule has 0 aromatic heterocycles. The van der Waals surface area contributed by atoms with E-state index in [2.05, 4.69) is 25.3 Å². The molecule has 7 atom stereocenters. The molecule has 0 aromatic carbocycles. The summed E-state index contributed by atoms with van der Waals surface area (Å²) in [6.07, 6.45) is 12.4. The molecule has 3 rings (SSSR count). The number of allylic oxidation sites excluding steroid dienone is 1. The fraction of sp³-hybridized carbons (Fsp3) is 0.889. The smallest absolute Gasteiger partial charge is 0.302 e. The first-order valence-electron chi connectivity index (χ1n) is 22.8. The number of likely N-dealkylation sites (tertiary alicyclic amines) is 3. The number of rotatable bonds is 33. The second kappa shape index (κ2) is 27.5. The topological polar surface area (TPSA) is 148 Å². The van der Waals surface area contributed by atoms with Gasteiger partial charge in [0.05, 0.1) is 56.7 Å². The van der Waals surface area contributed by atoms with E-state index in [4.69, 9.17) is 23.7 Å². The molecule has 3 heterocycles. The van der Waals surface area contributed by atoms with E-state index in [9.17, 15) is 24.6 Å². The summed E-state index contributed by atoms with van der Waals surface area (Å²) < 4.78 is 30.3. The number of carbonyl (C=O) groups is 3. The molecule has 0 bridgehead atoms. The summed E-state index contributed by atoms with van der Waals surface area (Å²) in [5.41, 5.74) is 0.520. The summed E-state index contributed by atoms with van der Waals surface area (Å²) in [5.74, 6) is 0.0391. The van der Waals surface area contributed by atoms with Gasteiger partial charge in [0.2, 0.25) is 11.8 Å². The Morgan fingerprint density at radius 2 is 1.22 bits per heavy atom. The molecule has 13 nitrogen and oxygen atoms in total. The van der Waals surface area contributed by atoms with E-state index in [1.54, 1.807) is 0 Å². The van der Waals surface area contributed by atoms with Gasteiger partial charge in [0, 0.05) is 83.4 Å². The number of ether oxygens (including phenoxy) is 5. The van der Waals surface area contributed by atoms with E-state index in [0.717, 1.165) is 70.9 Å². The molecule has 3 saturated heterocycles. The van der Waals surface area contributed by atoms with Crippen molar-refractivity contribution in [2.45, 2.75) is 180 Å². The molecule has 13 heteroatoms. The third-order valence-electron chi connectivity index (χ3n) is 12.3. The molecule has 7 unspecified atom stereocenters. The molecule has 2 amide bonds. The number of hydrogen-bond acceptors (Lipinski definition) is 11. The molecule has 3 aliphatic rings. The molecule has 0 radical (unpaired) electrons. The molecule has 3 fully saturated rings. The summed E-state index contributed by atoms with van der Waals surface area (Å²) in [7, 11) is 0. The summed E-state index contributed by atoms with van der Waals surface area (Å²) >= 11 is 0. The molecule has 3 aliphatic heterocycles. The SMILES string of the molecule is C=C1CCCN1C(CC)CCCOCC(CO)(COCCCC(CC)N1CCCC1=O)COCCCC(COC(C)CC(O)CC(CC)OC(C)=O)N1CCCC1=O. The predicted molar refractivity (Wildman–Crippen MR) is 225 cm³/mol. The van der Waals surface area contributed by atoms with Crippen LogP contribution in [0.5, 0.6) is 0 Å². The largest absolute Gasteiger partial charge is 0.462 e. The summed E-state index contributed by atoms with van der Waals surface area (Å²) in [6, 6.07) is 0.608. The fourth-order valence-electron chi connectivity index (χ4n) is 8.85. The zero-order chi connectivity index (χ0) is 42.3. The maximum atomic E-state index is 12.8. The first-order valence-corrected chi connectivity index (χ1v) is 22.8. The highest BCUT2D eigenvalue weighted by atomic mass is 16.5. The maximum Gasteiger partial charge on any atom is 0.302 e. The highest BCUT2D eigenvalue weighted by Gasteiger charge is 2.33. The van der Waals surface area contributed by atoms with Gasteiger partial charge in [-0.05, 0) is 96.8 Å². The van der Waals surface area contributed by atoms with Gasteiger partial charge in [-0.1, -0.05) is 27.4 Å². The average molecular weight is 824 g/mol. The third-order valence-corrected chi connectivity index (χ3v) is 12.3. The van der Waals surface area contributed by atoms with Crippen molar-refractivity contribution in [1.82, 2.24) is 14.7 Å². The average Bonchev–Trinajstić information content (AvgIpc) is 3.95. The van der Waals surface area contributed by atoms with Crippen LogP contribution in [0.15, 0.2) is 12.3 Å². The van der Waals surface area contributed by atoms with E-state index in [-0.39, 0.29) is 55.3 Å². The zero-order valence-corrected chi connectivity index (χ0v) is 37.0. The van der Waals surface area contributed by atoms with Crippen molar-refractivity contribution >= 4 is 17.8 Å². The molecular formula is C45H81N3O10. The van der Waals surface area contributed by atoms with E-state index < -0.39 is 11.5 Å². The lowest BCUT2D eigenvalue weighted by Gasteiger charge is -2.32. The number of carbonyl (C=O) groups excluding carboxylic acids is 3. The molecule has 0 aliphatic carbocycles. The van der Waals surface area contributed by atoms with E-state index in [0.29, 0.717) is 97.2 Å². The molecule has 336 valence electrons. The van der Waals surface area contributed by atoms with Crippen LogP contribution in [0.3, 0.4) is 0 Å². The van der Waals surface area contributed by atoms with E-state index >= 15 is 0 Å². The van der Waals surface area contributed by atoms with Crippen molar-refractivity contribution in [3.63, 3.8) is 0 Å². The predicted octanol–water partition coefficient (Wildman–Crippen LogP) is 6.02. The minimum atomic E-state index is -0.724. The Bertz CT molecular complexity index is 1160. The standard InChI is InChI=1S/C45H81N3O10/c1-7-38(46-22-10-16-35(46)4)17-13-25-54-32-45(31-49,33-55-26-14-18-39(8-2)47-23-11-20-43(47)52)34-56-27-15-19-40(48-24-12-21-44(48)53)30-57-36(5)28-41(51)29-42(9-3)58-37(6)50/h36,38-42,49,51H,4,7-34H2,1-3,5-6H3. The van der Waals surface area contributed by atoms with Crippen molar-refractivity contribution in [3.8, 4) is 0 Å². The van der Waals surface area contributed by atoms with Crippen molar-refractivity contribution in [1.29, 1.82) is 0 Å². The highest BCUT2D eigenvalue weighted by Crippen LogP contribution is 2.27. The van der Waals surface area contributed by atoms with Gasteiger partial charge in [0.15, 0.2) is 0 Å². The maximum absolute atomic E-state index is 12.8. The molecule has 0 spiro atoms. The second-order valence-corrected chi connectivity index (χ2v) is 17.2. The fourth-order valence-corrected chi connectivity index (χ4v) is 8.85. The van der Waals surface area contributed by atoms with Crippen LogP contribution in [0.4, 0.5) is 0 Å². The van der Waals surface area contributed by atoms with Crippen LogP contribution >= 0.6 is 0 Å².